The second kappa shape index (κ2) is 3.51. The van der Waals surface area contributed by atoms with Crippen molar-refractivity contribution in [2.24, 2.45) is 0 Å². The molecule has 0 amide bonds. The van der Waals surface area contributed by atoms with Crippen LogP contribution in [0.15, 0.2) is 18.2 Å². The number of carbonyl (C=O) groups is 1. The highest BCUT2D eigenvalue weighted by Gasteiger charge is 2.18. The van der Waals surface area contributed by atoms with E-state index >= 15 is 0 Å². The van der Waals surface area contributed by atoms with Gasteiger partial charge in [0.05, 0.1) is 0 Å². The van der Waals surface area contributed by atoms with Gasteiger partial charge in [-0.2, -0.15) is 0 Å². The van der Waals surface area contributed by atoms with Crippen molar-refractivity contribution in [1.82, 2.24) is 0 Å². The van der Waals surface area contributed by atoms with Gasteiger partial charge in [-0.1, -0.05) is 12.1 Å². The largest absolute Gasteiger partial charge is 0.508 e. The maximum Gasteiger partial charge on any atom is 0.300 e. The van der Waals surface area contributed by atoms with Crippen LogP contribution in [-0.4, -0.2) is 17.3 Å². The zero-order valence-corrected chi connectivity index (χ0v) is 6.92. The lowest BCUT2D eigenvalue weighted by Crippen LogP contribution is -2.09. The number of phenolic OH excluding ortho intramolecular Hbond substituents is 1. The summed E-state index contributed by atoms with van der Waals surface area (Å²) in [7, 11) is 0. The molecule has 0 aliphatic heterocycles. The summed E-state index contributed by atoms with van der Waals surface area (Å²) < 4.78 is 23.8. The van der Waals surface area contributed by atoms with Gasteiger partial charge < -0.3 is 5.11 Å². The molecule has 70 valence electrons. The van der Waals surface area contributed by atoms with Gasteiger partial charge in [0.2, 0.25) is 5.78 Å². The molecule has 4 heteroatoms. The van der Waals surface area contributed by atoms with E-state index in [4.69, 9.17) is 5.11 Å². The Morgan fingerprint density at radius 2 is 2.08 bits per heavy atom. The van der Waals surface area contributed by atoms with Crippen molar-refractivity contribution in [2.75, 3.05) is 0 Å². The van der Waals surface area contributed by atoms with Gasteiger partial charge in [-0.05, 0) is 18.6 Å². The highest BCUT2D eigenvalue weighted by Crippen LogP contribution is 2.19. The maximum atomic E-state index is 11.9. The molecule has 0 fully saturated rings. The lowest BCUT2D eigenvalue weighted by atomic mass is 10.1. The zero-order chi connectivity index (χ0) is 10.0. The number of alkyl halides is 2. The molecule has 1 rings (SSSR count). The van der Waals surface area contributed by atoms with E-state index in [1.165, 1.54) is 12.1 Å². The predicted molar refractivity (Wildman–Crippen MR) is 43.2 cm³/mol. The van der Waals surface area contributed by atoms with Crippen molar-refractivity contribution in [3.8, 4) is 5.75 Å². The number of ketones is 1. The van der Waals surface area contributed by atoms with Crippen molar-refractivity contribution in [1.29, 1.82) is 0 Å². The second-order valence-corrected chi connectivity index (χ2v) is 2.67. The average Bonchev–Trinajstić information content (AvgIpc) is 2.08. The first-order valence-corrected chi connectivity index (χ1v) is 3.64. The van der Waals surface area contributed by atoms with Crippen LogP contribution in [0.3, 0.4) is 0 Å². The zero-order valence-electron chi connectivity index (χ0n) is 6.92. The summed E-state index contributed by atoms with van der Waals surface area (Å²) in [6.07, 6.45) is -3.03. The molecule has 0 aromatic heterocycles. The first-order chi connectivity index (χ1) is 6.02. The topological polar surface area (TPSA) is 37.3 Å². The van der Waals surface area contributed by atoms with Crippen molar-refractivity contribution < 1.29 is 18.7 Å². The normalized spacial score (nSPS) is 10.5. The molecule has 0 saturated heterocycles. The van der Waals surface area contributed by atoms with Crippen LogP contribution in [0.4, 0.5) is 8.78 Å². The number of rotatable bonds is 2. The van der Waals surface area contributed by atoms with Crippen LogP contribution >= 0.6 is 0 Å². The van der Waals surface area contributed by atoms with Crippen LogP contribution in [0.25, 0.3) is 0 Å². The monoisotopic (exact) mass is 186 g/mol. The molecule has 0 spiro atoms. The Hall–Kier alpha value is -1.45. The molecule has 1 aromatic carbocycles. The van der Waals surface area contributed by atoms with E-state index in [1.54, 1.807) is 6.92 Å². The first kappa shape index (κ1) is 9.64. The quantitative estimate of drug-likeness (QED) is 0.718. The van der Waals surface area contributed by atoms with Crippen LogP contribution in [0.1, 0.15) is 15.9 Å². The van der Waals surface area contributed by atoms with Gasteiger partial charge in [0.25, 0.3) is 0 Å². The summed E-state index contributed by atoms with van der Waals surface area (Å²) in [6, 6.07) is 3.73. The summed E-state index contributed by atoms with van der Waals surface area (Å²) in [5.74, 6) is -1.41. The first-order valence-electron chi connectivity index (χ1n) is 3.64. The summed E-state index contributed by atoms with van der Waals surface area (Å²) in [5.41, 5.74) is 0.379. The number of halogens is 2. The van der Waals surface area contributed by atoms with Gasteiger partial charge in [0, 0.05) is 5.56 Å². The molecule has 0 aliphatic rings. The Bertz CT molecular complexity index is 334. The fourth-order valence-corrected chi connectivity index (χ4v) is 0.889. The van der Waals surface area contributed by atoms with E-state index in [9.17, 15) is 13.6 Å². The molecule has 2 nitrogen and oxygen atoms in total. The average molecular weight is 186 g/mol. The molecule has 0 radical (unpaired) electrons. The molecule has 0 saturated carbocycles. The Kier molecular flexibility index (Phi) is 2.60. The van der Waals surface area contributed by atoms with E-state index in [1.807, 2.05) is 0 Å². The fraction of sp³-hybridized carbons (Fsp3) is 0.222. The van der Waals surface area contributed by atoms with Crippen molar-refractivity contribution in [3.63, 3.8) is 0 Å². The molecule has 13 heavy (non-hydrogen) atoms. The minimum Gasteiger partial charge on any atom is -0.508 e. The van der Waals surface area contributed by atoms with Gasteiger partial charge >= 0.3 is 6.43 Å². The number of aryl methyl sites for hydroxylation is 1. The highest BCUT2D eigenvalue weighted by atomic mass is 19.3. The number of carbonyl (C=O) groups excluding carboxylic acids is 1. The Morgan fingerprint density at radius 1 is 1.46 bits per heavy atom. The van der Waals surface area contributed by atoms with Crippen molar-refractivity contribution >= 4 is 5.78 Å². The van der Waals surface area contributed by atoms with Crippen LogP contribution in [-0.2, 0) is 0 Å². The van der Waals surface area contributed by atoms with Crippen LogP contribution in [0.5, 0.6) is 5.75 Å². The highest BCUT2D eigenvalue weighted by molar-refractivity contribution is 5.98. The SMILES string of the molecule is Cc1ccc(C(=O)C(F)F)cc1O. The van der Waals surface area contributed by atoms with Crippen LogP contribution in [0, 0.1) is 6.92 Å². The van der Waals surface area contributed by atoms with Crippen molar-refractivity contribution in [3.05, 3.63) is 29.3 Å². The molecule has 1 aromatic rings. The maximum absolute atomic E-state index is 11.9. The van der Waals surface area contributed by atoms with Gasteiger partial charge in [0.15, 0.2) is 0 Å². The number of Topliss-reactive ketones (excluding diaryl/α,β-unsaturated/α-hetero) is 1. The Morgan fingerprint density at radius 3 is 2.54 bits per heavy atom. The second-order valence-electron chi connectivity index (χ2n) is 2.67. The van der Waals surface area contributed by atoms with Crippen LogP contribution in [0.2, 0.25) is 0 Å². The van der Waals surface area contributed by atoms with E-state index in [0.717, 1.165) is 6.07 Å². The number of hydrogen-bond acceptors (Lipinski definition) is 2. The number of aromatic hydroxyl groups is 1. The smallest absolute Gasteiger partial charge is 0.300 e. The Labute approximate surface area is 73.8 Å². The van der Waals surface area contributed by atoms with Gasteiger partial charge in [-0.3, -0.25) is 4.79 Å². The van der Waals surface area contributed by atoms with Crippen LogP contribution < -0.4 is 0 Å². The molecule has 0 bridgehead atoms. The lowest BCUT2D eigenvalue weighted by Gasteiger charge is -2.02. The summed E-state index contributed by atoms with van der Waals surface area (Å²) >= 11 is 0. The third-order valence-corrected chi connectivity index (χ3v) is 1.69. The lowest BCUT2D eigenvalue weighted by molar-refractivity contribution is 0.0678. The van der Waals surface area contributed by atoms with E-state index in [0.29, 0.717) is 5.56 Å². The number of phenols is 1. The molecule has 0 heterocycles. The van der Waals surface area contributed by atoms with Gasteiger partial charge in [0.1, 0.15) is 5.75 Å². The third-order valence-electron chi connectivity index (χ3n) is 1.69. The number of benzene rings is 1. The van der Waals surface area contributed by atoms with E-state index in [-0.39, 0.29) is 11.3 Å². The molecule has 0 atom stereocenters. The standard InChI is InChI=1S/C9H8F2O2/c1-5-2-3-6(4-7(5)12)8(13)9(10)11/h2-4,9,12H,1H3. The van der Waals surface area contributed by atoms with Crippen molar-refractivity contribution in [2.45, 2.75) is 13.3 Å². The number of hydrogen-bond donors (Lipinski definition) is 1. The summed E-state index contributed by atoms with van der Waals surface area (Å²) in [4.78, 5) is 10.7. The summed E-state index contributed by atoms with van der Waals surface area (Å²) in [5, 5.41) is 9.13. The van der Waals surface area contributed by atoms with Gasteiger partial charge in [-0.25, -0.2) is 8.78 Å². The van der Waals surface area contributed by atoms with Gasteiger partial charge in [-0.15, -0.1) is 0 Å². The fourth-order valence-electron chi connectivity index (χ4n) is 0.889. The molecule has 0 aliphatic carbocycles. The molecular weight excluding hydrogens is 178 g/mol. The summed E-state index contributed by atoms with van der Waals surface area (Å²) in [6.45, 7) is 1.62. The van der Waals surface area contributed by atoms with E-state index < -0.39 is 12.2 Å². The molecular formula is C9H8F2O2. The molecule has 0 unspecified atom stereocenters. The predicted octanol–water partition coefficient (Wildman–Crippen LogP) is 2.15. The van der Waals surface area contributed by atoms with E-state index in [2.05, 4.69) is 0 Å². The third kappa shape index (κ3) is 2.02. The Balaban J connectivity index is 3.04. The minimum atomic E-state index is -3.03. The minimum absolute atomic E-state index is 0.147. The molecule has 1 N–H and O–H groups in total.